The molecule has 2 aliphatic rings. The summed E-state index contributed by atoms with van der Waals surface area (Å²) in [5.41, 5.74) is 0. The summed E-state index contributed by atoms with van der Waals surface area (Å²) < 4.78 is 0. The first kappa shape index (κ1) is 14.8. The molecule has 1 amide bonds. The van der Waals surface area contributed by atoms with Crippen molar-refractivity contribution in [3.8, 4) is 0 Å². The molecule has 1 saturated carbocycles. The van der Waals surface area contributed by atoms with Crippen LogP contribution < -0.4 is 5.32 Å². The van der Waals surface area contributed by atoms with E-state index in [4.69, 9.17) is 0 Å². The maximum atomic E-state index is 12.6. The highest BCUT2D eigenvalue weighted by Crippen LogP contribution is 2.34. The molecule has 1 N–H and O–H groups in total. The van der Waals surface area contributed by atoms with Gasteiger partial charge in [0.2, 0.25) is 5.91 Å². The lowest BCUT2D eigenvalue weighted by Crippen LogP contribution is -2.46. The minimum absolute atomic E-state index is 0.0829. The Balaban J connectivity index is 2.07. The monoisotopic (exact) mass is 266 g/mol. The van der Waals surface area contributed by atoms with Crippen LogP contribution in [0.3, 0.4) is 0 Å². The Kier molecular flexibility index (Phi) is 5.26. The van der Waals surface area contributed by atoms with E-state index in [9.17, 15) is 4.79 Å². The zero-order valence-corrected chi connectivity index (χ0v) is 12.8. The second-order valence-electron chi connectivity index (χ2n) is 6.35. The zero-order valence-electron chi connectivity index (χ0n) is 12.8. The standard InChI is InChI=1S/C16H30N2O/c1-4-6-11-14-16(19)18(12(3)5-2)15(17-14)13-9-7-8-10-13/h12-15,17H,4-11H2,1-3H3. The van der Waals surface area contributed by atoms with Crippen molar-refractivity contribution >= 4 is 5.91 Å². The third kappa shape index (κ3) is 3.13. The van der Waals surface area contributed by atoms with Crippen molar-refractivity contribution in [2.75, 3.05) is 0 Å². The molecule has 1 aliphatic heterocycles. The summed E-state index contributed by atoms with van der Waals surface area (Å²) in [5, 5.41) is 3.66. The molecule has 3 nitrogen and oxygen atoms in total. The van der Waals surface area contributed by atoms with Crippen molar-refractivity contribution in [2.45, 2.75) is 90.4 Å². The normalized spacial score (nSPS) is 30.3. The predicted octanol–water partition coefficient (Wildman–Crippen LogP) is 3.29. The van der Waals surface area contributed by atoms with Gasteiger partial charge in [-0.25, -0.2) is 0 Å². The Hall–Kier alpha value is -0.570. The van der Waals surface area contributed by atoms with Crippen LogP contribution in [-0.4, -0.2) is 29.1 Å². The Labute approximate surface area is 118 Å². The van der Waals surface area contributed by atoms with Crippen molar-refractivity contribution in [1.82, 2.24) is 10.2 Å². The maximum absolute atomic E-state index is 12.6. The maximum Gasteiger partial charge on any atom is 0.241 e. The molecule has 0 aromatic heterocycles. The summed E-state index contributed by atoms with van der Waals surface area (Å²) in [6.45, 7) is 6.58. The molecule has 2 rings (SSSR count). The van der Waals surface area contributed by atoms with Crippen LogP contribution in [0.15, 0.2) is 0 Å². The molecule has 0 spiro atoms. The molecule has 3 unspecified atom stereocenters. The van der Waals surface area contributed by atoms with Crippen LogP contribution in [0.1, 0.15) is 72.1 Å². The van der Waals surface area contributed by atoms with E-state index in [1.54, 1.807) is 0 Å². The number of carbonyl (C=O) groups excluding carboxylic acids is 1. The summed E-state index contributed by atoms with van der Waals surface area (Å²) in [6, 6.07) is 0.455. The lowest BCUT2D eigenvalue weighted by atomic mass is 10.0. The minimum atomic E-state index is 0.0829. The molecular weight excluding hydrogens is 236 g/mol. The molecule has 0 aromatic rings. The Bertz CT molecular complexity index is 299. The Morgan fingerprint density at radius 1 is 1.32 bits per heavy atom. The van der Waals surface area contributed by atoms with Crippen LogP contribution in [0.2, 0.25) is 0 Å². The Morgan fingerprint density at radius 3 is 2.58 bits per heavy atom. The summed E-state index contributed by atoms with van der Waals surface area (Å²) in [7, 11) is 0. The zero-order chi connectivity index (χ0) is 13.8. The van der Waals surface area contributed by atoms with E-state index >= 15 is 0 Å². The average molecular weight is 266 g/mol. The van der Waals surface area contributed by atoms with Gasteiger partial charge in [0.15, 0.2) is 0 Å². The van der Waals surface area contributed by atoms with Crippen molar-refractivity contribution in [2.24, 2.45) is 5.92 Å². The number of unbranched alkanes of at least 4 members (excludes halogenated alkanes) is 1. The van der Waals surface area contributed by atoms with Crippen molar-refractivity contribution in [3.63, 3.8) is 0 Å². The number of carbonyl (C=O) groups is 1. The summed E-state index contributed by atoms with van der Waals surface area (Å²) in [5.74, 6) is 1.05. The van der Waals surface area contributed by atoms with Gasteiger partial charge in [-0.15, -0.1) is 0 Å². The summed E-state index contributed by atoms with van der Waals surface area (Å²) in [4.78, 5) is 14.8. The van der Waals surface area contributed by atoms with E-state index in [1.807, 2.05) is 0 Å². The molecule has 2 fully saturated rings. The van der Waals surface area contributed by atoms with E-state index < -0.39 is 0 Å². The van der Waals surface area contributed by atoms with Crippen LogP contribution in [0, 0.1) is 5.92 Å². The SMILES string of the molecule is CCCCC1NC(C2CCCC2)N(C(C)CC)C1=O. The van der Waals surface area contributed by atoms with Crippen LogP contribution in [-0.2, 0) is 4.79 Å². The lowest BCUT2D eigenvalue weighted by molar-refractivity contribution is -0.132. The summed E-state index contributed by atoms with van der Waals surface area (Å²) >= 11 is 0. The van der Waals surface area contributed by atoms with Gasteiger partial charge in [0.05, 0.1) is 12.2 Å². The van der Waals surface area contributed by atoms with Crippen molar-refractivity contribution in [1.29, 1.82) is 0 Å². The average Bonchev–Trinajstić information content (AvgIpc) is 3.03. The largest absolute Gasteiger partial charge is 0.323 e. The van der Waals surface area contributed by atoms with E-state index in [1.165, 1.54) is 32.1 Å². The topological polar surface area (TPSA) is 32.3 Å². The van der Waals surface area contributed by atoms with Crippen LogP contribution in [0.5, 0.6) is 0 Å². The fourth-order valence-corrected chi connectivity index (χ4v) is 3.61. The van der Waals surface area contributed by atoms with Gasteiger partial charge >= 0.3 is 0 Å². The number of hydrogen-bond acceptors (Lipinski definition) is 2. The first-order valence-electron chi connectivity index (χ1n) is 8.27. The molecule has 19 heavy (non-hydrogen) atoms. The fraction of sp³-hybridized carbons (Fsp3) is 0.938. The van der Waals surface area contributed by atoms with Crippen molar-refractivity contribution < 1.29 is 4.79 Å². The van der Waals surface area contributed by atoms with Gasteiger partial charge in [-0.1, -0.05) is 39.5 Å². The highest BCUT2D eigenvalue weighted by molar-refractivity contribution is 5.84. The fourth-order valence-electron chi connectivity index (χ4n) is 3.61. The first-order chi connectivity index (χ1) is 9.19. The van der Waals surface area contributed by atoms with E-state index in [-0.39, 0.29) is 6.04 Å². The summed E-state index contributed by atoms with van der Waals surface area (Å²) in [6.07, 6.45) is 9.94. The third-order valence-corrected chi connectivity index (χ3v) is 4.98. The van der Waals surface area contributed by atoms with Gasteiger partial charge in [-0.2, -0.15) is 0 Å². The number of nitrogens with one attached hydrogen (secondary N) is 1. The molecule has 1 heterocycles. The van der Waals surface area contributed by atoms with Gasteiger partial charge in [0, 0.05) is 6.04 Å². The van der Waals surface area contributed by atoms with Gasteiger partial charge in [-0.05, 0) is 38.5 Å². The molecule has 0 aromatic carbocycles. The van der Waals surface area contributed by atoms with E-state index in [0.717, 1.165) is 19.3 Å². The van der Waals surface area contributed by atoms with Crippen LogP contribution >= 0.6 is 0 Å². The smallest absolute Gasteiger partial charge is 0.241 e. The van der Waals surface area contributed by atoms with Crippen LogP contribution in [0.25, 0.3) is 0 Å². The van der Waals surface area contributed by atoms with Gasteiger partial charge in [-0.3, -0.25) is 10.1 Å². The lowest BCUT2D eigenvalue weighted by Gasteiger charge is -2.33. The van der Waals surface area contributed by atoms with E-state index in [2.05, 4.69) is 31.0 Å². The Morgan fingerprint density at radius 2 is 2.00 bits per heavy atom. The number of rotatable bonds is 6. The molecule has 1 saturated heterocycles. The quantitative estimate of drug-likeness (QED) is 0.800. The van der Waals surface area contributed by atoms with Gasteiger partial charge < -0.3 is 4.90 Å². The second-order valence-corrected chi connectivity index (χ2v) is 6.35. The molecule has 110 valence electrons. The number of hydrogen-bond donors (Lipinski definition) is 1. The highest BCUT2D eigenvalue weighted by atomic mass is 16.2. The van der Waals surface area contributed by atoms with Crippen LogP contribution in [0.4, 0.5) is 0 Å². The highest BCUT2D eigenvalue weighted by Gasteiger charge is 2.44. The molecule has 3 heteroatoms. The molecule has 0 radical (unpaired) electrons. The van der Waals surface area contributed by atoms with Gasteiger partial charge in [0.1, 0.15) is 0 Å². The second kappa shape index (κ2) is 6.74. The minimum Gasteiger partial charge on any atom is -0.323 e. The number of nitrogens with zero attached hydrogens (tertiary/aromatic N) is 1. The molecular formula is C16H30N2O. The molecule has 3 atom stereocenters. The number of amides is 1. The third-order valence-electron chi connectivity index (χ3n) is 4.98. The first-order valence-corrected chi connectivity index (χ1v) is 8.27. The van der Waals surface area contributed by atoms with Gasteiger partial charge in [0.25, 0.3) is 0 Å². The van der Waals surface area contributed by atoms with Crippen molar-refractivity contribution in [3.05, 3.63) is 0 Å². The van der Waals surface area contributed by atoms with E-state index in [0.29, 0.717) is 24.0 Å². The molecule has 1 aliphatic carbocycles. The predicted molar refractivity (Wildman–Crippen MR) is 78.8 cm³/mol. The molecule has 0 bridgehead atoms.